The van der Waals surface area contributed by atoms with Crippen LogP contribution in [-0.2, 0) is 0 Å². The number of benzene rings is 1. The average molecular weight is 235 g/mol. The first-order chi connectivity index (χ1) is 8.22. The van der Waals surface area contributed by atoms with Gasteiger partial charge in [-0.1, -0.05) is 51.8 Å². The predicted octanol–water partition coefficient (Wildman–Crippen LogP) is 3.91. The lowest BCUT2D eigenvalue weighted by atomic mass is 10.0. The minimum Gasteiger partial charge on any atom is -0.493 e. The van der Waals surface area contributed by atoms with E-state index in [4.69, 9.17) is 10.5 Å². The van der Waals surface area contributed by atoms with Crippen LogP contribution in [-0.4, -0.2) is 6.61 Å². The van der Waals surface area contributed by atoms with Crippen molar-refractivity contribution >= 4 is 0 Å². The van der Waals surface area contributed by atoms with E-state index in [1.807, 2.05) is 18.2 Å². The molecule has 17 heavy (non-hydrogen) atoms. The quantitative estimate of drug-likeness (QED) is 0.777. The van der Waals surface area contributed by atoms with Crippen LogP contribution in [0.1, 0.15) is 51.6 Å². The molecule has 0 spiro atoms. The lowest BCUT2D eigenvalue weighted by Crippen LogP contribution is -2.14. The number of hydrogen-bond acceptors (Lipinski definition) is 2. The highest BCUT2D eigenvalue weighted by Crippen LogP contribution is 2.26. The largest absolute Gasteiger partial charge is 0.493 e. The lowest BCUT2D eigenvalue weighted by molar-refractivity contribution is 0.237. The van der Waals surface area contributed by atoms with Crippen molar-refractivity contribution in [1.82, 2.24) is 0 Å². The molecule has 1 rings (SSSR count). The first kappa shape index (κ1) is 14.0. The molecule has 1 aromatic carbocycles. The van der Waals surface area contributed by atoms with Gasteiger partial charge in [0.1, 0.15) is 5.75 Å². The van der Waals surface area contributed by atoms with Crippen LogP contribution in [0.25, 0.3) is 0 Å². The van der Waals surface area contributed by atoms with Crippen molar-refractivity contribution in [1.29, 1.82) is 0 Å². The van der Waals surface area contributed by atoms with Gasteiger partial charge in [0, 0.05) is 11.6 Å². The summed E-state index contributed by atoms with van der Waals surface area (Å²) in [6, 6.07) is 8.19. The van der Waals surface area contributed by atoms with Crippen molar-refractivity contribution in [2.75, 3.05) is 6.61 Å². The van der Waals surface area contributed by atoms with Crippen LogP contribution in [0, 0.1) is 5.92 Å². The molecule has 96 valence electrons. The van der Waals surface area contributed by atoms with Gasteiger partial charge in [0.15, 0.2) is 0 Å². The fourth-order valence-electron chi connectivity index (χ4n) is 1.87. The zero-order valence-corrected chi connectivity index (χ0v) is 11.3. The predicted molar refractivity (Wildman–Crippen MR) is 73.2 cm³/mol. The maximum absolute atomic E-state index is 6.09. The van der Waals surface area contributed by atoms with Gasteiger partial charge >= 0.3 is 0 Å². The molecule has 0 heterocycles. The minimum absolute atomic E-state index is 0.0768. The molecular weight excluding hydrogens is 210 g/mol. The van der Waals surface area contributed by atoms with E-state index in [1.165, 1.54) is 12.8 Å². The van der Waals surface area contributed by atoms with E-state index in [9.17, 15) is 0 Å². The Morgan fingerprint density at radius 2 is 1.71 bits per heavy atom. The smallest absolute Gasteiger partial charge is 0.124 e. The number of nitrogens with two attached hydrogens (primary N) is 1. The molecule has 2 nitrogen and oxygen atoms in total. The third-order valence-corrected chi connectivity index (χ3v) is 3.39. The van der Waals surface area contributed by atoms with Crippen LogP contribution >= 0.6 is 0 Å². The zero-order valence-electron chi connectivity index (χ0n) is 11.3. The van der Waals surface area contributed by atoms with Crippen LogP contribution in [0.5, 0.6) is 5.75 Å². The standard InChI is InChI=1S/C15H25NO/c1-4-12(5-2)11-17-15-10-8-7-9-13(15)14(16)6-3/h7-10,12,14H,4-6,11,16H2,1-3H3/t14-/m0/s1. The van der Waals surface area contributed by atoms with Crippen LogP contribution < -0.4 is 10.5 Å². The molecule has 0 unspecified atom stereocenters. The molecule has 0 aliphatic rings. The molecule has 2 N–H and O–H groups in total. The number of rotatable bonds is 7. The Hall–Kier alpha value is -1.02. The molecule has 0 saturated heterocycles. The monoisotopic (exact) mass is 235 g/mol. The molecule has 0 aliphatic heterocycles. The molecule has 1 atom stereocenters. The molecule has 0 fully saturated rings. The molecule has 1 aromatic rings. The minimum atomic E-state index is 0.0768. The Morgan fingerprint density at radius 1 is 1.06 bits per heavy atom. The van der Waals surface area contributed by atoms with Crippen LogP contribution in [0.4, 0.5) is 0 Å². The van der Waals surface area contributed by atoms with Crippen LogP contribution in [0.3, 0.4) is 0 Å². The first-order valence-corrected chi connectivity index (χ1v) is 6.70. The summed E-state index contributed by atoms with van der Waals surface area (Å²) in [5.74, 6) is 1.59. The van der Waals surface area contributed by atoms with Gasteiger partial charge in [-0.3, -0.25) is 0 Å². The maximum Gasteiger partial charge on any atom is 0.124 e. The molecule has 0 radical (unpaired) electrons. The van der Waals surface area contributed by atoms with Crippen molar-refractivity contribution < 1.29 is 4.74 Å². The summed E-state index contributed by atoms with van der Waals surface area (Å²) in [4.78, 5) is 0. The fraction of sp³-hybridized carbons (Fsp3) is 0.600. The second-order valence-corrected chi connectivity index (χ2v) is 4.55. The Kier molecular flexibility index (Phi) is 6.06. The van der Waals surface area contributed by atoms with E-state index in [1.54, 1.807) is 0 Å². The van der Waals surface area contributed by atoms with E-state index in [0.29, 0.717) is 5.92 Å². The molecule has 0 bridgehead atoms. The van der Waals surface area contributed by atoms with Gasteiger partial charge in [0.2, 0.25) is 0 Å². The molecule has 0 aromatic heterocycles. The Balaban J connectivity index is 2.70. The molecular formula is C15H25NO. The van der Waals surface area contributed by atoms with E-state index in [2.05, 4.69) is 26.8 Å². The van der Waals surface area contributed by atoms with Gasteiger partial charge in [0.25, 0.3) is 0 Å². The van der Waals surface area contributed by atoms with Crippen molar-refractivity contribution in [2.24, 2.45) is 11.7 Å². The lowest BCUT2D eigenvalue weighted by Gasteiger charge is -2.18. The fourth-order valence-corrected chi connectivity index (χ4v) is 1.87. The summed E-state index contributed by atoms with van der Waals surface area (Å²) in [5.41, 5.74) is 7.21. The Labute approximate surface area is 105 Å². The van der Waals surface area contributed by atoms with E-state index < -0.39 is 0 Å². The van der Waals surface area contributed by atoms with Crippen molar-refractivity contribution in [2.45, 2.75) is 46.1 Å². The van der Waals surface area contributed by atoms with Crippen LogP contribution in [0.15, 0.2) is 24.3 Å². The number of hydrogen-bond donors (Lipinski definition) is 1. The highest BCUT2D eigenvalue weighted by molar-refractivity contribution is 5.35. The van der Waals surface area contributed by atoms with Crippen molar-refractivity contribution in [3.8, 4) is 5.75 Å². The summed E-state index contributed by atoms with van der Waals surface area (Å²) in [7, 11) is 0. The molecule has 0 aliphatic carbocycles. The summed E-state index contributed by atoms with van der Waals surface area (Å²) in [5, 5.41) is 0. The Morgan fingerprint density at radius 3 is 2.29 bits per heavy atom. The Bertz CT molecular complexity index is 320. The summed E-state index contributed by atoms with van der Waals surface area (Å²) >= 11 is 0. The van der Waals surface area contributed by atoms with Gasteiger partial charge < -0.3 is 10.5 Å². The van der Waals surface area contributed by atoms with Crippen molar-refractivity contribution in [3.63, 3.8) is 0 Å². The SMILES string of the molecule is CCC(CC)COc1ccccc1[C@@H](N)CC. The normalized spacial score (nSPS) is 12.8. The van der Waals surface area contributed by atoms with E-state index in [-0.39, 0.29) is 6.04 Å². The van der Waals surface area contributed by atoms with Gasteiger partial charge in [-0.05, 0) is 18.4 Å². The van der Waals surface area contributed by atoms with Gasteiger partial charge in [-0.15, -0.1) is 0 Å². The second-order valence-electron chi connectivity index (χ2n) is 4.55. The van der Waals surface area contributed by atoms with Gasteiger partial charge in [-0.25, -0.2) is 0 Å². The molecule has 0 amide bonds. The topological polar surface area (TPSA) is 35.2 Å². The first-order valence-electron chi connectivity index (χ1n) is 6.70. The van der Waals surface area contributed by atoms with E-state index >= 15 is 0 Å². The zero-order chi connectivity index (χ0) is 12.7. The third-order valence-electron chi connectivity index (χ3n) is 3.39. The molecule has 0 saturated carbocycles. The maximum atomic E-state index is 6.09. The number of ether oxygens (including phenoxy) is 1. The van der Waals surface area contributed by atoms with Gasteiger partial charge in [0.05, 0.1) is 6.61 Å². The van der Waals surface area contributed by atoms with Gasteiger partial charge in [-0.2, -0.15) is 0 Å². The van der Waals surface area contributed by atoms with Crippen LogP contribution in [0.2, 0.25) is 0 Å². The summed E-state index contributed by atoms with van der Waals surface area (Å²) in [6.07, 6.45) is 3.27. The summed E-state index contributed by atoms with van der Waals surface area (Å²) < 4.78 is 5.92. The van der Waals surface area contributed by atoms with Crippen molar-refractivity contribution in [3.05, 3.63) is 29.8 Å². The average Bonchev–Trinajstić information content (AvgIpc) is 2.39. The van der Waals surface area contributed by atoms with E-state index in [0.717, 1.165) is 24.3 Å². The second kappa shape index (κ2) is 7.33. The highest BCUT2D eigenvalue weighted by Gasteiger charge is 2.11. The molecule has 2 heteroatoms. The third kappa shape index (κ3) is 4.04. The number of para-hydroxylation sites is 1. The highest BCUT2D eigenvalue weighted by atomic mass is 16.5. The summed E-state index contributed by atoms with van der Waals surface area (Å²) in [6.45, 7) is 7.31.